The van der Waals surface area contributed by atoms with Crippen molar-refractivity contribution in [3.8, 4) is 0 Å². The maximum absolute atomic E-state index is 12.4. The molecule has 0 aromatic heterocycles. The van der Waals surface area contributed by atoms with E-state index >= 15 is 0 Å². The number of hydrogen-bond donors (Lipinski definition) is 0. The first kappa shape index (κ1) is 23.2. The molecule has 24 heavy (non-hydrogen) atoms. The molecule has 1 aliphatic rings. The standard InChI is InChI=1S/C16H22N3O2.C2H6.Y/c1-17(2)15-8-9-19(12-15)16(21)13-18(10-11-20)14-6-4-3-5-7-14;1-2;/h3-7,15H,8-10,12-13H2,1-2H3;1-2H3;/q-1;;. The minimum atomic E-state index is 0. The van der Waals surface area contributed by atoms with Gasteiger partial charge in [-0.2, -0.15) is 0 Å². The van der Waals surface area contributed by atoms with Crippen LogP contribution in [0.3, 0.4) is 0 Å². The minimum Gasteiger partial charge on any atom is -0.540 e. The van der Waals surface area contributed by atoms with Crippen LogP contribution >= 0.6 is 0 Å². The Morgan fingerprint density at radius 3 is 2.38 bits per heavy atom. The zero-order chi connectivity index (χ0) is 17.2. The van der Waals surface area contributed by atoms with Gasteiger partial charge in [0.2, 0.25) is 5.91 Å². The fourth-order valence-corrected chi connectivity index (χ4v) is 2.61. The number of nitrogens with zero attached hydrogens (tertiary/aromatic N) is 3. The summed E-state index contributed by atoms with van der Waals surface area (Å²) in [5.74, 6) is 0.0680. The Morgan fingerprint density at radius 2 is 1.88 bits per heavy atom. The molecule has 1 heterocycles. The molecule has 5 nitrogen and oxygen atoms in total. The van der Waals surface area contributed by atoms with E-state index in [0.29, 0.717) is 6.04 Å². The van der Waals surface area contributed by atoms with Gasteiger partial charge in [0.05, 0.1) is 6.54 Å². The van der Waals surface area contributed by atoms with Gasteiger partial charge >= 0.3 is 0 Å². The predicted molar refractivity (Wildman–Crippen MR) is 94.4 cm³/mol. The number of rotatable bonds is 6. The first-order valence-electron chi connectivity index (χ1n) is 8.21. The van der Waals surface area contributed by atoms with Crippen molar-refractivity contribution in [2.45, 2.75) is 26.3 Å². The van der Waals surface area contributed by atoms with Crippen molar-refractivity contribution in [1.29, 1.82) is 0 Å². The molecule has 0 bridgehead atoms. The molecule has 6 heteroatoms. The molecule has 1 unspecified atom stereocenters. The van der Waals surface area contributed by atoms with E-state index in [0.717, 1.165) is 25.2 Å². The van der Waals surface area contributed by atoms with E-state index in [-0.39, 0.29) is 51.7 Å². The average Bonchev–Trinajstić information content (AvgIpc) is 3.07. The van der Waals surface area contributed by atoms with E-state index in [9.17, 15) is 9.59 Å². The van der Waals surface area contributed by atoms with E-state index in [2.05, 4.69) is 4.90 Å². The van der Waals surface area contributed by atoms with Gasteiger partial charge in [0, 0.05) is 57.5 Å². The molecule has 1 aromatic rings. The van der Waals surface area contributed by atoms with E-state index in [4.69, 9.17) is 0 Å². The predicted octanol–water partition coefficient (Wildman–Crippen LogP) is 1.79. The molecule has 0 aliphatic carbocycles. The zero-order valence-corrected chi connectivity index (χ0v) is 18.1. The van der Waals surface area contributed by atoms with Crippen molar-refractivity contribution < 1.29 is 42.3 Å². The van der Waals surface area contributed by atoms with Crippen LogP contribution in [0.2, 0.25) is 0 Å². The molecule has 131 valence electrons. The second-order valence-electron chi connectivity index (χ2n) is 5.58. The Bertz CT molecular complexity index is 482. The summed E-state index contributed by atoms with van der Waals surface area (Å²) in [6.45, 7) is 5.88. The molecule has 1 atom stereocenters. The number of likely N-dealkylation sites (tertiary alicyclic amines) is 1. The van der Waals surface area contributed by atoms with Crippen LogP contribution in [0.5, 0.6) is 0 Å². The largest absolute Gasteiger partial charge is 0.540 e. The number of anilines is 1. The van der Waals surface area contributed by atoms with Crippen molar-refractivity contribution in [1.82, 2.24) is 9.80 Å². The van der Waals surface area contributed by atoms with Crippen LogP contribution in [0.1, 0.15) is 20.3 Å². The van der Waals surface area contributed by atoms with E-state index in [1.165, 1.54) is 0 Å². The molecule has 1 radical (unpaired) electrons. The molecule has 0 N–H and O–H groups in total. The molecule has 1 amide bonds. The van der Waals surface area contributed by atoms with Crippen molar-refractivity contribution in [2.24, 2.45) is 0 Å². The number of carbonyl (C=O) groups excluding carboxylic acids is 2. The third-order valence-electron chi connectivity index (χ3n) is 3.95. The van der Waals surface area contributed by atoms with Gasteiger partial charge in [-0.25, -0.2) is 6.29 Å². The summed E-state index contributed by atoms with van der Waals surface area (Å²) in [7, 11) is 4.08. The molecule has 1 fully saturated rings. The molecule has 1 saturated heterocycles. The zero-order valence-electron chi connectivity index (χ0n) is 15.2. The second-order valence-corrected chi connectivity index (χ2v) is 5.58. The molecule has 0 spiro atoms. The summed E-state index contributed by atoms with van der Waals surface area (Å²) in [5.41, 5.74) is 0.873. The number of carbonyl (C=O) groups is 1. The summed E-state index contributed by atoms with van der Waals surface area (Å²) < 4.78 is 0. The topological polar surface area (TPSA) is 43.9 Å². The summed E-state index contributed by atoms with van der Waals surface area (Å²) in [4.78, 5) is 28.9. The Balaban J connectivity index is 0.00000170. The Kier molecular flexibility index (Phi) is 12.2. The number of hydrogen-bond acceptors (Lipinski definition) is 4. The maximum atomic E-state index is 12.4. The van der Waals surface area contributed by atoms with Crippen molar-refractivity contribution in [3.05, 3.63) is 30.3 Å². The summed E-state index contributed by atoms with van der Waals surface area (Å²) in [6, 6.07) is 9.94. The molecule has 0 saturated carbocycles. The van der Waals surface area contributed by atoms with Crippen molar-refractivity contribution >= 4 is 17.9 Å². The molecular weight excluding hydrogens is 379 g/mol. The first-order valence-corrected chi connectivity index (χ1v) is 8.21. The van der Waals surface area contributed by atoms with Crippen molar-refractivity contribution in [3.63, 3.8) is 0 Å². The van der Waals surface area contributed by atoms with Crippen LogP contribution < -0.4 is 4.90 Å². The van der Waals surface area contributed by atoms with Gasteiger partial charge in [-0.15, -0.1) is 0 Å². The first-order chi connectivity index (χ1) is 11.1. The summed E-state index contributed by atoms with van der Waals surface area (Å²) >= 11 is 0. The second kappa shape index (κ2) is 12.6. The minimum absolute atomic E-state index is 0. The van der Waals surface area contributed by atoms with Crippen LogP contribution in [0.25, 0.3) is 0 Å². The van der Waals surface area contributed by atoms with E-state index < -0.39 is 0 Å². The van der Waals surface area contributed by atoms with Gasteiger partial charge in [0.25, 0.3) is 0 Å². The fourth-order valence-electron chi connectivity index (χ4n) is 2.61. The Labute approximate surface area is 171 Å². The number of para-hydroxylation sites is 1. The van der Waals surface area contributed by atoms with Gasteiger partial charge in [-0.3, -0.25) is 4.79 Å². The van der Waals surface area contributed by atoms with Gasteiger partial charge in [-0.1, -0.05) is 38.6 Å². The average molecular weight is 407 g/mol. The molecule has 1 aliphatic heterocycles. The normalized spacial score (nSPS) is 16.0. The Morgan fingerprint density at radius 1 is 1.25 bits per heavy atom. The van der Waals surface area contributed by atoms with Crippen molar-refractivity contribution in [2.75, 3.05) is 45.2 Å². The summed E-state index contributed by atoms with van der Waals surface area (Å²) in [5, 5.41) is 0. The van der Waals surface area contributed by atoms with Crippen LogP contribution in [-0.4, -0.2) is 68.3 Å². The van der Waals surface area contributed by atoms with E-state index in [1.807, 2.05) is 69.5 Å². The van der Waals surface area contributed by atoms with Crippen LogP contribution in [-0.2, 0) is 42.3 Å². The van der Waals surface area contributed by atoms with Crippen LogP contribution in [0.15, 0.2) is 30.3 Å². The summed E-state index contributed by atoms with van der Waals surface area (Å²) in [6.07, 6.45) is 2.89. The van der Waals surface area contributed by atoms with Crippen LogP contribution in [0, 0.1) is 0 Å². The van der Waals surface area contributed by atoms with Gasteiger partial charge in [0.15, 0.2) is 0 Å². The SMILES string of the molecule is CC.CN(C)C1CCN(C(=O)CN(C[C-]=O)c2ccccc2)C1.[Y]. The molecule has 1 aromatic carbocycles. The third kappa shape index (κ3) is 7.00. The molecular formula is C18H28N3O2Y-. The molecule has 2 rings (SSSR count). The number of likely N-dealkylation sites (N-methyl/N-ethyl adjacent to an activating group) is 1. The van der Waals surface area contributed by atoms with Gasteiger partial charge in [-0.05, 0) is 32.6 Å². The van der Waals surface area contributed by atoms with Crippen LogP contribution in [0.4, 0.5) is 5.69 Å². The number of benzene rings is 1. The third-order valence-corrected chi connectivity index (χ3v) is 3.95. The van der Waals surface area contributed by atoms with Gasteiger partial charge in [0.1, 0.15) is 0 Å². The van der Waals surface area contributed by atoms with Gasteiger partial charge < -0.3 is 19.5 Å². The monoisotopic (exact) mass is 407 g/mol. The maximum Gasteiger partial charge on any atom is 0.242 e. The fraction of sp³-hybridized carbons (Fsp3) is 0.556. The number of amides is 1. The Hall–Kier alpha value is -0.776. The van der Waals surface area contributed by atoms with E-state index in [1.54, 1.807) is 4.90 Å². The quantitative estimate of drug-likeness (QED) is 0.675. The smallest absolute Gasteiger partial charge is 0.242 e.